The molecule has 0 spiro atoms. The van der Waals surface area contributed by atoms with Crippen LogP contribution in [0, 0.1) is 11.3 Å². The van der Waals surface area contributed by atoms with Gasteiger partial charge in [-0.05, 0) is 12.1 Å². The van der Waals surface area contributed by atoms with Crippen molar-refractivity contribution in [2.24, 2.45) is 0 Å². The van der Waals surface area contributed by atoms with Crippen LogP contribution in [0.25, 0.3) is 10.2 Å². The predicted molar refractivity (Wildman–Crippen MR) is 90.8 cm³/mol. The van der Waals surface area contributed by atoms with Gasteiger partial charge in [-0.3, -0.25) is 0 Å². The third kappa shape index (κ3) is 2.37. The molecule has 1 fully saturated rings. The van der Waals surface area contributed by atoms with Crippen LogP contribution in [0.15, 0.2) is 36.7 Å². The molecule has 4 rings (SSSR count). The van der Waals surface area contributed by atoms with E-state index in [0.717, 1.165) is 23.7 Å². The van der Waals surface area contributed by atoms with E-state index in [9.17, 15) is 0 Å². The zero-order valence-corrected chi connectivity index (χ0v) is 13.4. The normalized spacial score (nSPS) is 14.5. The highest BCUT2D eigenvalue weighted by atomic mass is 32.1. The Hall–Kier alpha value is -2.72. The second-order valence-corrected chi connectivity index (χ2v) is 6.48. The van der Waals surface area contributed by atoms with Gasteiger partial charge in [0.2, 0.25) is 0 Å². The highest BCUT2D eigenvalue weighted by Crippen LogP contribution is 2.31. The minimum absolute atomic E-state index is 0.365. The van der Waals surface area contributed by atoms with E-state index in [4.69, 9.17) is 10.2 Å². The van der Waals surface area contributed by atoms with E-state index in [1.165, 1.54) is 4.70 Å². The average molecular weight is 322 g/mol. The molecule has 2 aromatic heterocycles. The number of rotatable bonds is 3. The minimum Gasteiger partial charge on any atom is -0.350 e. The topological polar surface area (TPSA) is 68.9 Å². The molecule has 6 nitrogen and oxygen atoms in total. The van der Waals surface area contributed by atoms with Gasteiger partial charge in [0.25, 0.3) is 0 Å². The second kappa shape index (κ2) is 5.48. The Bertz CT molecular complexity index is 860. The van der Waals surface area contributed by atoms with Gasteiger partial charge in [-0.25, -0.2) is 15.0 Å². The summed E-state index contributed by atoms with van der Waals surface area (Å²) in [6.45, 7) is 1.64. The number of hydrogen-bond donors (Lipinski definition) is 0. The Balaban J connectivity index is 1.50. The standard InChI is InChI=1S/C16H14N6S/c1-21(16-20-12-4-2-3-5-14(12)23-16)11-9-22(10-11)15-13(8-17)18-6-7-19-15/h2-7,11H,9-10H2,1H3. The van der Waals surface area contributed by atoms with Crippen LogP contribution < -0.4 is 9.80 Å². The fourth-order valence-electron chi connectivity index (χ4n) is 2.68. The smallest absolute Gasteiger partial charge is 0.186 e. The SMILES string of the molecule is CN(c1nc2ccccc2s1)C1CN(c2nccnc2C#N)C1. The summed E-state index contributed by atoms with van der Waals surface area (Å²) in [7, 11) is 2.07. The van der Waals surface area contributed by atoms with Crippen LogP contribution in [-0.4, -0.2) is 41.1 Å². The summed E-state index contributed by atoms with van der Waals surface area (Å²) in [5.74, 6) is 0.670. The van der Waals surface area contributed by atoms with Gasteiger partial charge in [-0.1, -0.05) is 23.5 Å². The van der Waals surface area contributed by atoms with Gasteiger partial charge in [-0.2, -0.15) is 5.26 Å². The molecule has 114 valence electrons. The van der Waals surface area contributed by atoms with Crippen molar-refractivity contribution in [2.75, 3.05) is 29.9 Å². The number of nitrogens with zero attached hydrogens (tertiary/aromatic N) is 6. The monoisotopic (exact) mass is 322 g/mol. The zero-order chi connectivity index (χ0) is 15.8. The lowest BCUT2D eigenvalue weighted by molar-refractivity contribution is 0.491. The van der Waals surface area contributed by atoms with E-state index in [0.29, 0.717) is 17.6 Å². The fourth-order valence-corrected chi connectivity index (χ4v) is 3.68. The van der Waals surface area contributed by atoms with Gasteiger partial charge in [0.1, 0.15) is 6.07 Å². The molecule has 0 unspecified atom stereocenters. The third-order valence-electron chi connectivity index (χ3n) is 4.08. The van der Waals surface area contributed by atoms with Gasteiger partial charge in [0, 0.05) is 32.5 Å². The molecule has 0 amide bonds. The molecule has 0 aliphatic carbocycles. The third-order valence-corrected chi connectivity index (χ3v) is 5.21. The number of thiazole rings is 1. The molecular weight excluding hydrogens is 308 g/mol. The Labute approximate surface area is 137 Å². The lowest BCUT2D eigenvalue weighted by Gasteiger charge is -2.44. The van der Waals surface area contributed by atoms with Gasteiger partial charge in [0.15, 0.2) is 16.6 Å². The summed E-state index contributed by atoms with van der Waals surface area (Å²) in [5, 5.41) is 10.1. The molecule has 23 heavy (non-hydrogen) atoms. The predicted octanol–water partition coefficient (Wildman–Crippen LogP) is 2.28. The number of aromatic nitrogens is 3. The van der Waals surface area contributed by atoms with E-state index in [1.54, 1.807) is 23.7 Å². The molecule has 3 heterocycles. The number of anilines is 2. The first kappa shape index (κ1) is 13.9. The van der Waals surface area contributed by atoms with Crippen LogP contribution in [0.1, 0.15) is 5.69 Å². The molecule has 3 aromatic rings. The molecule has 0 bridgehead atoms. The van der Waals surface area contributed by atoms with Crippen molar-refractivity contribution in [3.05, 3.63) is 42.4 Å². The summed E-state index contributed by atoms with van der Waals surface area (Å²) in [4.78, 5) is 17.3. The molecule has 1 aliphatic rings. The van der Waals surface area contributed by atoms with E-state index >= 15 is 0 Å². The summed E-state index contributed by atoms with van der Waals surface area (Å²) < 4.78 is 1.20. The Morgan fingerprint density at radius 2 is 2.04 bits per heavy atom. The first-order chi connectivity index (χ1) is 11.3. The van der Waals surface area contributed by atoms with Gasteiger partial charge in [-0.15, -0.1) is 0 Å². The van der Waals surface area contributed by atoms with Crippen LogP contribution in [-0.2, 0) is 0 Å². The first-order valence-electron chi connectivity index (χ1n) is 7.30. The number of nitriles is 1. The van der Waals surface area contributed by atoms with Crippen molar-refractivity contribution in [1.29, 1.82) is 5.26 Å². The number of benzene rings is 1. The van der Waals surface area contributed by atoms with Crippen molar-refractivity contribution in [1.82, 2.24) is 15.0 Å². The maximum Gasteiger partial charge on any atom is 0.186 e. The molecule has 0 radical (unpaired) electrons. The zero-order valence-electron chi connectivity index (χ0n) is 12.5. The second-order valence-electron chi connectivity index (χ2n) is 5.47. The lowest BCUT2D eigenvalue weighted by Crippen LogP contribution is -2.59. The summed E-state index contributed by atoms with van der Waals surface area (Å²) in [5.41, 5.74) is 1.42. The van der Waals surface area contributed by atoms with E-state index < -0.39 is 0 Å². The summed E-state index contributed by atoms with van der Waals surface area (Å²) in [6, 6.07) is 10.6. The van der Waals surface area contributed by atoms with E-state index in [2.05, 4.69) is 39.0 Å². The van der Waals surface area contributed by atoms with Crippen LogP contribution in [0.4, 0.5) is 10.9 Å². The van der Waals surface area contributed by atoms with E-state index in [-0.39, 0.29) is 0 Å². The molecule has 1 saturated heterocycles. The van der Waals surface area contributed by atoms with Crippen LogP contribution in [0.2, 0.25) is 0 Å². The highest BCUT2D eigenvalue weighted by molar-refractivity contribution is 7.22. The first-order valence-corrected chi connectivity index (χ1v) is 8.12. The molecule has 1 aliphatic heterocycles. The minimum atomic E-state index is 0.365. The summed E-state index contributed by atoms with van der Waals surface area (Å²) in [6.07, 6.45) is 3.17. The van der Waals surface area contributed by atoms with Crippen molar-refractivity contribution in [3.8, 4) is 6.07 Å². The number of fused-ring (bicyclic) bond motifs is 1. The van der Waals surface area contributed by atoms with Gasteiger partial charge >= 0.3 is 0 Å². The van der Waals surface area contributed by atoms with Crippen LogP contribution >= 0.6 is 11.3 Å². The van der Waals surface area contributed by atoms with E-state index in [1.807, 2.05) is 18.2 Å². The quantitative estimate of drug-likeness (QED) is 0.737. The maximum absolute atomic E-state index is 9.12. The van der Waals surface area contributed by atoms with Gasteiger partial charge in [0.05, 0.1) is 16.3 Å². The lowest BCUT2D eigenvalue weighted by atomic mass is 10.1. The molecule has 0 saturated carbocycles. The fraction of sp³-hybridized carbons (Fsp3) is 0.250. The maximum atomic E-state index is 9.12. The Kier molecular flexibility index (Phi) is 3.32. The number of likely N-dealkylation sites (N-methyl/N-ethyl adjacent to an activating group) is 1. The Morgan fingerprint density at radius 3 is 2.83 bits per heavy atom. The van der Waals surface area contributed by atoms with Crippen molar-refractivity contribution in [2.45, 2.75) is 6.04 Å². The van der Waals surface area contributed by atoms with Gasteiger partial charge < -0.3 is 9.80 Å². The van der Waals surface area contributed by atoms with Crippen molar-refractivity contribution >= 4 is 32.5 Å². The molecular formula is C16H14N6S. The molecule has 0 N–H and O–H groups in total. The number of para-hydroxylation sites is 1. The molecule has 1 aromatic carbocycles. The molecule has 0 atom stereocenters. The van der Waals surface area contributed by atoms with Crippen molar-refractivity contribution < 1.29 is 0 Å². The largest absolute Gasteiger partial charge is 0.350 e. The average Bonchev–Trinajstić information content (AvgIpc) is 2.98. The number of hydrogen-bond acceptors (Lipinski definition) is 7. The molecule has 7 heteroatoms. The van der Waals surface area contributed by atoms with Crippen LogP contribution in [0.5, 0.6) is 0 Å². The van der Waals surface area contributed by atoms with Crippen molar-refractivity contribution in [3.63, 3.8) is 0 Å². The van der Waals surface area contributed by atoms with Crippen LogP contribution in [0.3, 0.4) is 0 Å². The Morgan fingerprint density at radius 1 is 1.26 bits per heavy atom. The highest BCUT2D eigenvalue weighted by Gasteiger charge is 2.33. The summed E-state index contributed by atoms with van der Waals surface area (Å²) >= 11 is 1.70.